The third kappa shape index (κ3) is 6.40. The second kappa shape index (κ2) is 11.2. The maximum absolute atomic E-state index is 12.5. The first-order chi connectivity index (χ1) is 15.2. The molecule has 0 fully saturated rings. The first-order valence-corrected chi connectivity index (χ1v) is 10.8. The van der Waals surface area contributed by atoms with E-state index in [1.807, 2.05) is 24.3 Å². The van der Waals surface area contributed by atoms with Crippen molar-refractivity contribution in [2.24, 2.45) is 11.3 Å². The van der Waals surface area contributed by atoms with Crippen LogP contribution in [0.15, 0.2) is 66.0 Å². The summed E-state index contributed by atoms with van der Waals surface area (Å²) >= 11 is 0. The van der Waals surface area contributed by atoms with E-state index in [1.54, 1.807) is 58.2 Å². The van der Waals surface area contributed by atoms with Gasteiger partial charge in [0, 0.05) is 18.7 Å². The monoisotopic (exact) mass is 442 g/mol. The lowest BCUT2D eigenvalue weighted by Gasteiger charge is -2.36. The van der Waals surface area contributed by atoms with E-state index in [-0.39, 0.29) is 24.5 Å². The Morgan fingerprint density at radius 1 is 1.12 bits per heavy atom. The van der Waals surface area contributed by atoms with Crippen molar-refractivity contribution < 1.29 is 28.5 Å². The number of hydrogen-bond acceptors (Lipinski definition) is 6. The van der Waals surface area contributed by atoms with Crippen LogP contribution in [0.1, 0.15) is 50.9 Å². The van der Waals surface area contributed by atoms with Gasteiger partial charge in [0.05, 0.1) is 18.4 Å². The number of esters is 1. The molecule has 0 radical (unpaired) electrons. The number of benzene rings is 1. The zero-order valence-corrected chi connectivity index (χ0v) is 19.8. The second-order valence-electron chi connectivity index (χ2n) is 8.62. The maximum Gasteiger partial charge on any atom is 0.313 e. The van der Waals surface area contributed by atoms with Gasteiger partial charge in [-0.25, -0.2) is 0 Å². The molecule has 1 aliphatic carbocycles. The molecule has 0 aromatic heterocycles. The van der Waals surface area contributed by atoms with Crippen LogP contribution in [0.4, 0.5) is 0 Å². The van der Waals surface area contributed by atoms with Gasteiger partial charge in [-0.3, -0.25) is 9.59 Å². The predicted octanol–water partition coefficient (Wildman–Crippen LogP) is 5.22. The average Bonchev–Trinajstić information content (AvgIpc) is 2.78. The van der Waals surface area contributed by atoms with Gasteiger partial charge in [-0.2, -0.15) is 0 Å². The Balaban J connectivity index is 2.25. The summed E-state index contributed by atoms with van der Waals surface area (Å²) in [6, 6.07) is 9.09. The molecule has 0 N–H and O–H groups in total. The number of ketones is 1. The average molecular weight is 443 g/mol. The van der Waals surface area contributed by atoms with Crippen molar-refractivity contribution in [2.45, 2.75) is 46.3 Å². The smallest absolute Gasteiger partial charge is 0.313 e. The highest BCUT2D eigenvalue weighted by Crippen LogP contribution is 2.38. The SMILES string of the molecule is CCCC1=CC(/C=C/C(=O)c2ccccc2)C(OC)=CC1(OC)OCOC(=O)C(C)(C)C. The lowest BCUT2D eigenvalue weighted by molar-refractivity contribution is -0.220. The van der Waals surface area contributed by atoms with Gasteiger partial charge in [0.15, 0.2) is 12.6 Å². The Kier molecular flexibility index (Phi) is 8.99. The summed E-state index contributed by atoms with van der Waals surface area (Å²) in [5.74, 6) is -1.34. The highest BCUT2D eigenvalue weighted by atomic mass is 16.8. The van der Waals surface area contributed by atoms with E-state index < -0.39 is 11.2 Å². The fraction of sp³-hybridized carbons (Fsp3) is 0.462. The van der Waals surface area contributed by atoms with Gasteiger partial charge in [0.2, 0.25) is 5.79 Å². The van der Waals surface area contributed by atoms with Crippen LogP contribution in [0.5, 0.6) is 0 Å². The standard InChI is InChI=1S/C26H34O6/c1-7-11-21-16-20(14-15-22(27)19-12-9-8-10-13-19)23(29-5)17-26(21,30-6)32-18-31-24(28)25(2,3)4/h8-10,12-17,20H,7,11,18H2,1-6H3/b15-14+. The van der Waals surface area contributed by atoms with Gasteiger partial charge >= 0.3 is 5.97 Å². The lowest BCUT2D eigenvalue weighted by Crippen LogP contribution is -2.40. The molecule has 0 heterocycles. The Hall–Kier alpha value is -2.70. The molecule has 0 bridgehead atoms. The van der Waals surface area contributed by atoms with E-state index in [2.05, 4.69) is 6.92 Å². The summed E-state index contributed by atoms with van der Waals surface area (Å²) in [5.41, 5.74) is 0.861. The molecular weight excluding hydrogens is 408 g/mol. The Bertz CT molecular complexity index is 875. The van der Waals surface area contributed by atoms with E-state index in [1.165, 1.54) is 7.11 Å². The van der Waals surface area contributed by atoms with Crippen LogP contribution in [-0.4, -0.2) is 38.6 Å². The zero-order valence-electron chi connectivity index (χ0n) is 19.8. The van der Waals surface area contributed by atoms with Gasteiger partial charge in [-0.15, -0.1) is 0 Å². The summed E-state index contributed by atoms with van der Waals surface area (Å²) in [5, 5.41) is 0. The van der Waals surface area contributed by atoms with Gasteiger partial charge < -0.3 is 18.9 Å². The van der Waals surface area contributed by atoms with E-state index in [4.69, 9.17) is 18.9 Å². The van der Waals surface area contributed by atoms with Crippen LogP contribution >= 0.6 is 0 Å². The predicted molar refractivity (Wildman–Crippen MR) is 123 cm³/mol. The van der Waals surface area contributed by atoms with Crippen molar-refractivity contribution in [2.75, 3.05) is 21.0 Å². The van der Waals surface area contributed by atoms with Gasteiger partial charge in [0.25, 0.3) is 0 Å². The van der Waals surface area contributed by atoms with Crippen molar-refractivity contribution in [3.05, 3.63) is 71.5 Å². The minimum atomic E-state index is -1.21. The van der Waals surface area contributed by atoms with E-state index in [0.717, 1.165) is 12.0 Å². The molecule has 1 aromatic rings. The number of carbonyl (C=O) groups is 2. The van der Waals surface area contributed by atoms with Crippen LogP contribution in [0.25, 0.3) is 0 Å². The summed E-state index contributed by atoms with van der Waals surface area (Å²) in [4.78, 5) is 24.6. The molecule has 1 aromatic carbocycles. The Morgan fingerprint density at radius 3 is 2.38 bits per heavy atom. The van der Waals surface area contributed by atoms with Crippen molar-refractivity contribution in [1.29, 1.82) is 0 Å². The number of carbonyl (C=O) groups excluding carboxylic acids is 2. The number of ether oxygens (including phenoxy) is 4. The third-order valence-corrected chi connectivity index (χ3v) is 5.14. The third-order valence-electron chi connectivity index (χ3n) is 5.14. The number of hydrogen-bond donors (Lipinski definition) is 0. The number of methoxy groups -OCH3 is 2. The number of rotatable bonds is 10. The molecule has 6 heteroatoms. The normalized spacial score (nSPS) is 21.1. The molecule has 2 rings (SSSR count). The van der Waals surface area contributed by atoms with Gasteiger partial charge in [0.1, 0.15) is 5.76 Å². The maximum atomic E-state index is 12.5. The van der Waals surface area contributed by atoms with Gasteiger partial charge in [-0.05, 0) is 38.8 Å². The highest BCUT2D eigenvalue weighted by molar-refractivity contribution is 6.04. The molecule has 174 valence electrons. The molecule has 6 nitrogen and oxygen atoms in total. The minimum Gasteiger partial charge on any atom is -0.500 e. The van der Waals surface area contributed by atoms with Gasteiger partial charge in [-0.1, -0.05) is 55.8 Å². The molecule has 0 saturated carbocycles. The van der Waals surface area contributed by atoms with Crippen molar-refractivity contribution in [1.82, 2.24) is 0 Å². The van der Waals surface area contributed by atoms with Crippen LogP contribution in [0.3, 0.4) is 0 Å². The Labute approximate surface area is 190 Å². The first kappa shape index (κ1) is 25.6. The summed E-state index contributed by atoms with van der Waals surface area (Å²) in [6.07, 6.45) is 8.64. The molecule has 2 atom stereocenters. The molecule has 2 unspecified atom stereocenters. The van der Waals surface area contributed by atoms with E-state index >= 15 is 0 Å². The van der Waals surface area contributed by atoms with Crippen LogP contribution < -0.4 is 0 Å². The molecular formula is C26H34O6. The van der Waals surface area contributed by atoms with Crippen LogP contribution in [0.2, 0.25) is 0 Å². The lowest BCUT2D eigenvalue weighted by atomic mass is 9.87. The fourth-order valence-electron chi connectivity index (χ4n) is 3.32. The minimum absolute atomic E-state index is 0.0829. The summed E-state index contributed by atoms with van der Waals surface area (Å²) in [7, 11) is 3.10. The highest BCUT2D eigenvalue weighted by Gasteiger charge is 2.39. The van der Waals surface area contributed by atoms with Crippen molar-refractivity contribution in [3.63, 3.8) is 0 Å². The second-order valence-corrected chi connectivity index (χ2v) is 8.62. The first-order valence-electron chi connectivity index (χ1n) is 10.8. The Morgan fingerprint density at radius 2 is 1.81 bits per heavy atom. The summed E-state index contributed by atoms with van der Waals surface area (Å²) < 4.78 is 22.6. The molecule has 0 aliphatic heterocycles. The largest absolute Gasteiger partial charge is 0.500 e. The molecule has 0 saturated heterocycles. The van der Waals surface area contributed by atoms with Crippen molar-refractivity contribution in [3.8, 4) is 0 Å². The van der Waals surface area contributed by atoms with Crippen LogP contribution in [-0.2, 0) is 23.7 Å². The van der Waals surface area contributed by atoms with Crippen LogP contribution in [0, 0.1) is 11.3 Å². The molecule has 0 amide bonds. The topological polar surface area (TPSA) is 71.1 Å². The van der Waals surface area contributed by atoms with Crippen molar-refractivity contribution >= 4 is 11.8 Å². The zero-order chi connectivity index (χ0) is 23.8. The molecule has 32 heavy (non-hydrogen) atoms. The molecule has 0 spiro atoms. The fourth-order valence-corrected chi connectivity index (χ4v) is 3.32. The quantitative estimate of drug-likeness (QED) is 0.163. The van der Waals surface area contributed by atoms with E-state index in [0.29, 0.717) is 17.7 Å². The molecule has 1 aliphatic rings. The number of allylic oxidation sites excluding steroid dienone is 2. The van der Waals surface area contributed by atoms with E-state index in [9.17, 15) is 9.59 Å². The summed E-state index contributed by atoms with van der Waals surface area (Å²) in [6.45, 7) is 7.13.